The van der Waals surface area contributed by atoms with Crippen LogP contribution in [0.1, 0.15) is 39.5 Å². The molecule has 0 heterocycles. The van der Waals surface area contributed by atoms with E-state index in [1.54, 1.807) is 13.0 Å². The highest BCUT2D eigenvalue weighted by atomic mass is 16.4. The van der Waals surface area contributed by atoms with E-state index in [9.17, 15) is 9.59 Å². The molecular formula is C12H19NO3. The van der Waals surface area contributed by atoms with Gasteiger partial charge in [-0.25, -0.2) is 0 Å². The maximum absolute atomic E-state index is 11.6. The van der Waals surface area contributed by atoms with Crippen molar-refractivity contribution in [3.05, 3.63) is 11.6 Å². The van der Waals surface area contributed by atoms with Crippen LogP contribution in [-0.4, -0.2) is 23.0 Å². The van der Waals surface area contributed by atoms with Crippen LogP contribution in [-0.2, 0) is 9.59 Å². The SMILES string of the molecule is C/C=C(/C)C(=O)NC1CCCC(C(=O)O)C1. The Kier molecular flexibility index (Phi) is 4.52. The lowest BCUT2D eigenvalue weighted by Crippen LogP contribution is -2.40. The minimum absolute atomic E-state index is 0.0113. The molecule has 0 aromatic rings. The van der Waals surface area contributed by atoms with Gasteiger partial charge in [0.15, 0.2) is 0 Å². The van der Waals surface area contributed by atoms with E-state index in [1.165, 1.54) is 0 Å². The first-order chi connectivity index (χ1) is 7.54. The third-order valence-corrected chi connectivity index (χ3v) is 3.15. The molecule has 16 heavy (non-hydrogen) atoms. The number of nitrogens with one attached hydrogen (secondary N) is 1. The first-order valence-electron chi connectivity index (χ1n) is 5.71. The van der Waals surface area contributed by atoms with Gasteiger partial charge in [0.05, 0.1) is 5.92 Å². The van der Waals surface area contributed by atoms with E-state index >= 15 is 0 Å². The summed E-state index contributed by atoms with van der Waals surface area (Å²) in [5.41, 5.74) is 0.678. The number of carbonyl (C=O) groups is 2. The molecular weight excluding hydrogens is 206 g/mol. The zero-order valence-electron chi connectivity index (χ0n) is 9.82. The van der Waals surface area contributed by atoms with Crippen LogP contribution in [0.2, 0.25) is 0 Å². The van der Waals surface area contributed by atoms with Crippen molar-refractivity contribution in [3.63, 3.8) is 0 Å². The summed E-state index contributed by atoms with van der Waals surface area (Å²) >= 11 is 0. The van der Waals surface area contributed by atoms with E-state index < -0.39 is 5.97 Å². The normalized spacial score (nSPS) is 26.2. The number of carboxylic acid groups (broad SMARTS) is 1. The molecule has 1 rings (SSSR count). The Morgan fingerprint density at radius 2 is 2.06 bits per heavy atom. The molecule has 1 saturated carbocycles. The lowest BCUT2D eigenvalue weighted by atomic mass is 9.85. The number of hydrogen-bond donors (Lipinski definition) is 2. The van der Waals surface area contributed by atoms with E-state index in [-0.39, 0.29) is 17.9 Å². The molecule has 0 aliphatic heterocycles. The van der Waals surface area contributed by atoms with Crippen LogP contribution in [0.4, 0.5) is 0 Å². The number of carboxylic acids is 1. The maximum atomic E-state index is 11.6. The van der Waals surface area contributed by atoms with E-state index in [1.807, 2.05) is 6.92 Å². The third-order valence-electron chi connectivity index (χ3n) is 3.15. The molecule has 0 aromatic carbocycles. The first kappa shape index (κ1) is 12.7. The molecule has 1 aliphatic carbocycles. The van der Waals surface area contributed by atoms with E-state index in [2.05, 4.69) is 5.32 Å². The Morgan fingerprint density at radius 3 is 2.62 bits per heavy atom. The summed E-state index contributed by atoms with van der Waals surface area (Å²) in [6, 6.07) is 0.0113. The topological polar surface area (TPSA) is 66.4 Å². The number of carbonyl (C=O) groups excluding carboxylic acids is 1. The van der Waals surface area contributed by atoms with Crippen molar-refractivity contribution < 1.29 is 14.7 Å². The Hall–Kier alpha value is -1.32. The molecule has 0 saturated heterocycles. The van der Waals surface area contributed by atoms with Crippen LogP contribution < -0.4 is 5.32 Å². The maximum Gasteiger partial charge on any atom is 0.306 e. The Morgan fingerprint density at radius 1 is 1.38 bits per heavy atom. The molecule has 0 radical (unpaired) electrons. The molecule has 1 amide bonds. The van der Waals surface area contributed by atoms with Gasteiger partial charge in [0, 0.05) is 11.6 Å². The fourth-order valence-electron chi connectivity index (χ4n) is 1.98. The molecule has 1 fully saturated rings. The molecule has 1 aliphatic rings. The number of rotatable bonds is 3. The Bertz CT molecular complexity index is 309. The van der Waals surface area contributed by atoms with Gasteiger partial charge in [-0.1, -0.05) is 12.5 Å². The Labute approximate surface area is 95.7 Å². The molecule has 2 unspecified atom stereocenters. The van der Waals surface area contributed by atoms with Gasteiger partial charge in [0.1, 0.15) is 0 Å². The predicted octanol–water partition coefficient (Wildman–Crippen LogP) is 1.71. The van der Waals surface area contributed by atoms with Crippen molar-refractivity contribution in [1.29, 1.82) is 0 Å². The number of amides is 1. The van der Waals surface area contributed by atoms with Gasteiger partial charge in [-0.05, 0) is 33.1 Å². The average molecular weight is 225 g/mol. The molecule has 4 heteroatoms. The first-order valence-corrected chi connectivity index (χ1v) is 5.71. The summed E-state index contributed by atoms with van der Waals surface area (Å²) in [5, 5.41) is 11.8. The van der Waals surface area contributed by atoms with Crippen LogP contribution in [0.3, 0.4) is 0 Å². The third kappa shape index (κ3) is 3.36. The van der Waals surface area contributed by atoms with Crippen molar-refractivity contribution in [1.82, 2.24) is 5.32 Å². The zero-order chi connectivity index (χ0) is 12.1. The summed E-state index contributed by atoms with van der Waals surface area (Å²) in [7, 11) is 0. The standard InChI is InChI=1S/C12H19NO3/c1-3-8(2)11(14)13-10-6-4-5-9(7-10)12(15)16/h3,9-10H,4-7H2,1-2H3,(H,13,14)(H,15,16)/b8-3-. The number of allylic oxidation sites excluding steroid dienone is 1. The van der Waals surface area contributed by atoms with Crippen LogP contribution in [0.25, 0.3) is 0 Å². The van der Waals surface area contributed by atoms with Gasteiger partial charge in [-0.2, -0.15) is 0 Å². The zero-order valence-corrected chi connectivity index (χ0v) is 9.82. The van der Waals surface area contributed by atoms with Gasteiger partial charge in [0.2, 0.25) is 5.91 Å². The average Bonchev–Trinajstić information content (AvgIpc) is 2.28. The smallest absolute Gasteiger partial charge is 0.306 e. The van der Waals surface area contributed by atoms with Gasteiger partial charge in [-0.15, -0.1) is 0 Å². The lowest BCUT2D eigenvalue weighted by Gasteiger charge is -2.27. The van der Waals surface area contributed by atoms with E-state index in [0.29, 0.717) is 12.0 Å². The second kappa shape index (κ2) is 5.68. The predicted molar refractivity (Wildman–Crippen MR) is 61.0 cm³/mol. The molecule has 0 spiro atoms. The van der Waals surface area contributed by atoms with E-state index in [0.717, 1.165) is 19.3 Å². The molecule has 2 atom stereocenters. The van der Waals surface area contributed by atoms with Crippen LogP contribution in [0.15, 0.2) is 11.6 Å². The number of aliphatic carboxylic acids is 1. The fourth-order valence-corrected chi connectivity index (χ4v) is 1.98. The summed E-state index contributed by atoms with van der Waals surface area (Å²) in [4.78, 5) is 22.4. The summed E-state index contributed by atoms with van der Waals surface area (Å²) in [5.74, 6) is -1.13. The molecule has 0 bridgehead atoms. The summed E-state index contributed by atoms with van der Waals surface area (Å²) in [6.45, 7) is 3.57. The van der Waals surface area contributed by atoms with Crippen molar-refractivity contribution in [2.45, 2.75) is 45.6 Å². The van der Waals surface area contributed by atoms with Gasteiger partial charge >= 0.3 is 5.97 Å². The largest absolute Gasteiger partial charge is 0.481 e. The quantitative estimate of drug-likeness (QED) is 0.718. The highest BCUT2D eigenvalue weighted by Crippen LogP contribution is 2.24. The van der Waals surface area contributed by atoms with Crippen molar-refractivity contribution >= 4 is 11.9 Å². The fraction of sp³-hybridized carbons (Fsp3) is 0.667. The van der Waals surface area contributed by atoms with Crippen LogP contribution in [0.5, 0.6) is 0 Å². The minimum atomic E-state index is -0.748. The van der Waals surface area contributed by atoms with E-state index in [4.69, 9.17) is 5.11 Å². The second-order valence-corrected chi connectivity index (χ2v) is 4.34. The van der Waals surface area contributed by atoms with Gasteiger partial charge in [-0.3, -0.25) is 9.59 Å². The molecule has 4 nitrogen and oxygen atoms in total. The van der Waals surface area contributed by atoms with Gasteiger partial charge in [0.25, 0.3) is 0 Å². The van der Waals surface area contributed by atoms with Crippen LogP contribution in [0, 0.1) is 5.92 Å². The highest BCUT2D eigenvalue weighted by molar-refractivity contribution is 5.92. The summed E-state index contributed by atoms with van der Waals surface area (Å²) < 4.78 is 0. The second-order valence-electron chi connectivity index (χ2n) is 4.34. The van der Waals surface area contributed by atoms with Crippen molar-refractivity contribution in [2.75, 3.05) is 0 Å². The monoisotopic (exact) mass is 225 g/mol. The number of hydrogen-bond acceptors (Lipinski definition) is 2. The van der Waals surface area contributed by atoms with Crippen LogP contribution >= 0.6 is 0 Å². The van der Waals surface area contributed by atoms with Crippen molar-refractivity contribution in [2.24, 2.45) is 5.92 Å². The minimum Gasteiger partial charge on any atom is -0.481 e. The Balaban J connectivity index is 2.49. The summed E-state index contributed by atoms with van der Waals surface area (Å²) in [6.07, 6.45) is 4.79. The lowest BCUT2D eigenvalue weighted by molar-refractivity contribution is -0.143. The molecule has 0 aromatic heterocycles. The molecule has 90 valence electrons. The molecule has 2 N–H and O–H groups in total. The highest BCUT2D eigenvalue weighted by Gasteiger charge is 2.27. The van der Waals surface area contributed by atoms with Gasteiger partial charge < -0.3 is 10.4 Å². The van der Waals surface area contributed by atoms with Crippen molar-refractivity contribution in [3.8, 4) is 0 Å².